The zero-order valence-electron chi connectivity index (χ0n) is 11.9. The van der Waals surface area contributed by atoms with Crippen molar-refractivity contribution >= 4 is 32.5 Å². The van der Waals surface area contributed by atoms with E-state index >= 15 is 0 Å². The molecule has 2 N–H and O–H groups in total. The van der Waals surface area contributed by atoms with E-state index in [9.17, 15) is 13.2 Å². The molecule has 0 saturated carbocycles. The van der Waals surface area contributed by atoms with E-state index in [0.29, 0.717) is 10.8 Å². The van der Waals surface area contributed by atoms with E-state index in [-0.39, 0.29) is 12.3 Å². The Balaban J connectivity index is 2.65. The lowest BCUT2D eigenvalue weighted by molar-refractivity contribution is -0.142. The monoisotopic (exact) mass is 321 g/mol. The van der Waals surface area contributed by atoms with E-state index in [0.717, 1.165) is 4.31 Å². The molecule has 0 aliphatic rings. The molecule has 0 radical (unpaired) electrons. The first kappa shape index (κ1) is 16.9. The van der Waals surface area contributed by atoms with Gasteiger partial charge in [0.25, 0.3) is 0 Å². The fourth-order valence-corrected chi connectivity index (χ4v) is 2.85. The lowest BCUT2D eigenvalue weighted by atomic mass is 9.90. The summed E-state index contributed by atoms with van der Waals surface area (Å²) in [4.78, 5) is 15.3. The number of hydrogen-bond acceptors (Lipinski definition) is 6. The number of hydrogen-bond donors (Lipinski definition) is 2. The molecule has 114 valence electrons. The van der Waals surface area contributed by atoms with Crippen LogP contribution in [0.15, 0.2) is 5.38 Å². The van der Waals surface area contributed by atoms with Gasteiger partial charge in [-0.05, 0) is 13.8 Å². The quantitative estimate of drug-likeness (QED) is 0.771. The second kappa shape index (κ2) is 6.06. The van der Waals surface area contributed by atoms with Gasteiger partial charge < -0.3 is 10.4 Å². The molecule has 0 unspecified atom stereocenters. The van der Waals surface area contributed by atoms with Gasteiger partial charge in [0, 0.05) is 26.0 Å². The van der Waals surface area contributed by atoms with E-state index in [1.807, 2.05) is 0 Å². The maximum Gasteiger partial charge on any atom is 0.315 e. The molecule has 1 heterocycles. The fourth-order valence-electron chi connectivity index (χ4n) is 1.22. The average Bonchev–Trinajstić information content (AvgIpc) is 2.77. The maximum atomic E-state index is 11.6. The molecule has 0 saturated heterocycles. The Hall–Kier alpha value is -1.19. The highest BCUT2D eigenvalue weighted by Gasteiger charge is 2.32. The molecular weight excluding hydrogens is 302 g/mol. The van der Waals surface area contributed by atoms with Crippen LogP contribution in [0.2, 0.25) is 0 Å². The average molecular weight is 321 g/mol. The summed E-state index contributed by atoms with van der Waals surface area (Å²) in [5.41, 5.74) is -0.612. The Morgan fingerprint density at radius 1 is 1.50 bits per heavy atom. The number of nitrogens with one attached hydrogen (secondary N) is 1. The number of aliphatic carboxylic acids is 1. The van der Waals surface area contributed by atoms with Gasteiger partial charge in [0.1, 0.15) is 5.41 Å². The maximum absolute atomic E-state index is 11.6. The Bertz CT molecular complexity index is 578. The van der Waals surface area contributed by atoms with E-state index in [1.54, 1.807) is 19.2 Å². The Morgan fingerprint density at radius 2 is 2.10 bits per heavy atom. The molecule has 0 fully saturated rings. The molecule has 0 aromatic carbocycles. The summed E-state index contributed by atoms with van der Waals surface area (Å²) in [6.07, 6.45) is 0. The third-order valence-corrected chi connectivity index (χ3v) is 5.50. The van der Waals surface area contributed by atoms with Crippen molar-refractivity contribution in [1.29, 1.82) is 0 Å². The molecule has 0 spiro atoms. The zero-order chi connectivity index (χ0) is 15.6. The largest absolute Gasteiger partial charge is 0.481 e. The second-order valence-corrected chi connectivity index (χ2v) is 8.15. The van der Waals surface area contributed by atoms with Crippen LogP contribution >= 0.6 is 11.3 Å². The minimum atomic E-state index is -3.25. The number of carboxylic acids is 1. The van der Waals surface area contributed by atoms with Crippen molar-refractivity contribution in [3.8, 4) is 0 Å². The van der Waals surface area contributed by atoms with Crippen LogP contribution in [-0.4, -0.2) is 55.2 Å². The first-order valence-corrected chi connectivity index (χ1v) is 8.39. The zero-order valence-corrected chi connectivity index (χ0v) is 13.5. The molecule has 0 aliphatic carbocycles. The van der Waals surface area contributed by atoms with E-state index in [4.69, 9.17) is 5.11 Å². The van der Waals surface area contributed by atoms with E-state index in [2.05, 4.69) is 10.3 Å². The van der Waals surface area contributed by atoms with Crippen LogP contribution < -0.4 is 5.32 Å². The van der Waals surface area contributed by atoms with Crippen LogP contribution in [0.3, 0.4) is 0 Å². The predicted octanol–water partition coefficient (Wildman–Crippen LogP) is 0.809. The molecule has 1 aromatic rings. The van der Waals surface area contributed by atoms with Crippen molar-refractivity contribution in [1.82, 2.24) is 9.29 Å². The summed E-state index contributed by atoms with van der Waals surface area (Å²) in [6, 6.07) is 0. The molecule has 1 rings (SSSR count). The first-order chi connectivity index (χ1) is 9.07. The highest BCUT2D eigenvalue weighted by atomic mass is 32.2. The van der Waals surface area contributed by atoms with E-state index in [1.165, 1.54) is 25.4 Å². The summed E-state index contributed by atoms with van der Waals surface area (Å²) in [6.45, 7) is 3.37. The third-order valence-electron chi connectivity index (χ3n) is 2.87. The van der Waals surface area contributed by atoms with Crippen LogP contribution in [0, 0.1) is 0 Å². The van der Waals surface area contributed by atoms with Gasteiger partial charge in [-0.3, -0.25) is 4.79 Å². The topological polar surface area (TPSA) is 99.6 Å². The van der Waals surface area contributed by atoms with Crippen molar-refractivity contribution in [2.45, 2.75) is 19.3 Å². The minimum Gasteiger partial charge on any atom is -0.481 e. The number of nitrogens with zero attached hydrogens (tertiary/aromatic N) is 2. The van der Waals surface area contributed by atoms with Gasteiger partial charge in [0.05, 0.1) is 11.4 Å². The highest BCUT2D eigenvalue weighted by Crippen LogP contribution is 2.27. The van der Waals surface area contributed by atoms with Gasteiger partial charge in [0.15, 0.2) is 5.13 Å². The van der Waals surface area contributed by atoms with Crippen LogP contribution in [0.5, 0.6) is 0 Å². The van der Waals surface area contributed by atoms with Crippen molar-refractivity contribution in [2.24, 2.45) is 0 Å². The van der Waals surface area contributed by atoms with E-state index < -0.39 is 21.4 Å². The number of carboxylic acid groups (broad SMARTS) is 1. The number of sulfonamides is 1. The smallest absolute Gasteiger partial charge is 0.315 e. The summed E-state index contributed by atoms with van der Waals surface area (Å²) >= 11 is 1.26. The van der Waals surface area contributed by atoms with Crippen LogP contribution in [0.4, 0.5) is 5.13 Å². The van der Waals surface area contributed by atoms with Crippen molar-refractivity contribution < 1.29 is 18.3 Å². The standard InChI is InChI=1S/C11H19N3O4S2/c1-11(2,9(15)16)8-7-19-10(13-8)12-5-6-20(17,18)14(3)4/h7H,5-6H2,1-4H3,(H,12,13)(H,15,16). The second-order valence-electron chi connectivity index (χ2n) is 4.99. The Labute approximate surface area is 122 Å². The summed E-state index contributed by atoms with van der Waals surface area (Å²) in [5, 5.41) is 14.2. The summed E-state index contributed by atoms with van der Waals surface area (Å²) < 4.78 is 24.3. The number of anilines is 1. The van der Waals surface area contributed by atoms with Crippen molar-refractivity contribution in [2.75, 3.05) is 31.7 Å². The molecule has 0 bridgehead atoms. The number of carbonyl (C=O) groups is 1. The first-order valence-electron chi connectivity index (χ1n) is 5.91. The van der Waals surface area contributed by atoms with Crippen molar-refractivity contribution in [3.63, 3.8) is 0 Å². The highest BCUT2D eigenvalue weighted by molar-refractivity contribution is 7.89. The molecule has 0 amide bonds. The molecule has 9 heteroatoms. The molecular formula is C11H19N3O4S2. The van der Waals surface area contributed by atoms with Gasteiger partial charge in [-0.15, -0.1) is 11.3 Å². The van der Waals surface area contributed by atoms with Gasteiger partial charge in [-0.1, -0.05) is 0 Å². The lowest BCUT2D eigenvalue weighted by Gasteiger charge is -2.15. The molecule has 20 heavy (non-hydrogen) atoms. The number of thiazole rings is 1. The van der Waals surface area contributed by atoms with Gasteiger partial charge in [-0.25, -0.2) is 17.7 Å². The molecule has 0 atom stereocenters. The van der Waals surface area contributed by atoms with Crippen molar-refractivity contribution in [3.05, 3.63) is 11.1 Å². The Morgan fingerprint density at radius 3 is 2.60 bits per heavy atom. The van der Waals surface area contributed by atoms with Crippen LogP contribution in [-0.2, 0) is 20.2 Å². The molecule has 0 aliphatic heterocycles. The van der Waals surface area contributed by atoms with Crippen LogP contribution in [0.25, 0.3) is 0 Å². The van der Waals surface area contributed by atoms with Gasteiger partial charge >= 0.3 is 5.97 Å². The minimum absolute atomic E-state index is 0.0444. The fraction of sp³-hybridized carbons (Fsp3) is 0.636. The third kappa shape index (κ3) is 3.90. The number of rotatable bonds is 7. The number of aromatic nitrogens is 1. The lowest BCUT2D eigenvalue weighted by Crippen LogP contribution is -2.29. The SMILES string of the molecule is CN(C)S(=O)(=O)CCNc1nc(C(C)(C)C(=O)O)cs1. The normalized spacial score (nSPS) is 12.7. The Kier molecular flexibility index (Phi) is 5.11. The predicted molar refractivity (Wildman–Crippen MR) is 78.7 cm³/mol. The molecule has 1 aromatic heterocycles. The van der Waals surface area contributed by atoms with Gasteiger partial charge in [-0.2, -0.15) is 0 Å². The summed E-state index contributed by atoms with van der Waals surface area (Å²) in [7, 11) is -0.293. The van der Waals surface area contributed by atoms with Gasteiger partial charge in [0.2, 0.25) is 10.0 Å². The molecule has 7 nitrogen and oxygen atoms in total. The van der Waals surface area contributed by atoms with Crippen LogP contribution in [0.1, 0.15) is 19.5 Å². The summed E-state index contributed by atoms with van der Waals surface area (Å²) in [5.74, 6) is -0.999.